The van der Waals surface area contributed by atoms with Gasteiger partial charge in [-0.15, -0.1) is 0 Å². The van der Waals surface area contributed by atoms with Crippen LogP contribution in [0.2, 0.25) is 0 Å². The van der Waals surface area contributed by atoms with Crippen molar-refractivity contribution in [1.82, 2.24) is 10.6 Å². The fourth-order valence-corrected chi connectivity index (χ4v) is 3.28. The Labute approximate surface area is 140 Å². The zero-order chi connectivity index (χ0) is 16.9. The lowest BCUT2D eigenvalue weighted by atomic mass is 9.78. The number of carbonyl (C=O) groups excluding carboxylic acids is 1. The molecule has 0 atom stereocenters. The number of hydrogen-bond acceptors (Lipinski definition) is 3. The third kappa shape index (κ3) is 4.33. The molecule has 1 aliphatic heterocycles. The molecule has 0 radical (unpaired) electrons. The van der Waals surface area contributed by atoms with Gasteiger partial charge in [-0.25, -0.2) is 0 Å². The van der Waals surface area contributed by atoms with Gasteiger partial charge in [-0.2, -0.15) is 0 Å². The molecule has 2 rings (SSSR count). The average molecular weight is 318 g/mol. The third-order valence-electron chi connectivity index (χ3n) is 4.95. The fraction of sp³-hybridized carbons (Fsp3) is 0.632. The quantitative estimate of drug-likeness (QED) is 0.847. The van der Waals surface area contributed by atoms with Crippen molar-refractivity contribution in [2.24, 2.45) is 5.41 Å². The number of piperidine rings is 1. The molecule has 1 fully saturated rings. The number of amides is 1. The summed E-state index contributed by atoms with van der Waals surface area (Å²) in [5, 5.41) is 6.51. The maximum Gasteiger partial charge on any atom is 0.228 e. The maximum absolute atomic E-state index is 12.8. The number of ether oxygens (including phenoxy) is 1. The van der Waals surface area contributed by atoms with Gasteiger partial charge in [-0.3, -0.25) is 4.79 Å². The molecule has 1 amide bonds. The van der Waals surface area contributed by atoms with E-state index in [9.17, 15) is 4.79 Å². The molecule has 0 spiro atoms. The summed E-state index contributed by atoms with van der Waals surface area (Å²) in [5.74, 6) is 0.126. The van der Waals surface area contributed by atoms with E-state index >= 15 is 0 Å². The molecule has 1 saturated heterocycles. The van der Waals surface area contributed by atoms with Gasteiger partial charge < -0.3 is 15.4 Å². The van der Waals surface area contributed by atoms with Crippen LogP contribution in [0, 0.1) is 12.3 Å². The molecule has 4 heteroatoms. The van der Waals surface area contributed by atoms with Crippen LogP contribution in [-0.2, 0) is 14.9 Å². The van der Waals surface area contributed by atoms with Crippen molar-refractivity contribution in [2.75, 3.05) is 33.4 Å². The highest BCUT2D eigenvalue weighted by molar-refractivity contribution is 5.83. The number of rotatable bonds is 6. The van der Waals surface area contributed by atoms with Gasteiger partial charge in [0.25, 0.3) is 0 Å². The molecule has 1 aromatic carbocycles. The average Bonchev–Trinajstić information content (AvgIpc) is 2.54. The number of aryl methyl sites for hydroxylation is 1. The van der Waals surface area contributed by atoms with Crippen molar-refractivity contribution in [1.29, 1.82) is 0 Å². The van der Waals surface area contributed by atoms with Gasteiger partial charge >= 0.3 is 0 Å². The number of methoxy groups -OCH3 is 1. The Morgan fingerprint density at radius 2 is 2.04 bits per heavy atom. The normalized spacial score (nSPS) is 17.7. The predicted molar refractivity (Wildman–Crippen MR) is 93.6 cm³/mol. The summed E-state index contributed by atoms with van der Waals surface area (Å²) in [5.41, 5.74) is 2.02. The predicted octanol–water partition coefficient (Wildman–Crippen LogP) is 2.41. The van der Waals surface area contributed by atoms with Gasteiger partial charge in [0.1, 0.15) is 0 Å². The number of nitrogens with one attached hydrogen (secondary N) is 2. The second-order valence-corrected chi connectivity index (χ2v) is 7.40. The molecule has 0 bridgehead atoms. The van der Waals surface area contributed by atoms with Gasteiger partial charge in [0.05, 0.1) is 12.0 Å². The fourth-order valence-electron chi connectivity index (χ4n) is 3.28. The van der Waals surface area contributed by atoms with Crippen LogP contribution in [0.15, 0.2) is 24.3 Å². The first-order valence-corrected chi connectivity index (χ1v) is 8.45. The van der Waals surface area contributed by atoms with E-state index < -0.39 is 0 Å². The van der Waals surface area contributed by atoms with E-state index in [1.807, 2.05) is 0 Å². The molecule has 0 aliphatic carbocycles. The Morgan fingerprint density at radius 1 is 1.35 bits per heavy atom. The monoisotopic (exact) mass is 318 g/mol. The van der Waals surface area contributed by atoms with Gasteiger partial charge in [0.2, 0.25) is 5.91 Å². The van der Waals surface area contributed by atoms with E-state index in [0.29, 0.717) is 13.2 Å². The van der Waals surface area contributed by atoms with E-state index in [-0.39, 0.29) is 16.7 Å². The molecular formula is C19H30N2O2. The lowest BCUT2D eigenvalue weighted by molar-refractivity contribution is -0.136. The third-order valence-corrected chi connectivity index (χ3v) is 4.95. The molecule has 4 nitrogen and oxygen atoms in total. The molecule has 23 heavy (non-hydrogen) atoms. The van der Waals surface area contributed by atoms with Crippen molar-refractivity contribution in [3.05, 3.63) is 35.4 Å². The summed E-state index contributed by atoms with van der Waals surface area (Å²) in [6, 6.07) is 8.50. The molecule has 1 aromatic rings. The van der Waals surface area contributed by atoms with E-state index in [1.165, 1.54) is 11.1 Å². The summed E-state index contributed by atoms with van der Waals surface area (Å²) in [4.78, 5) is 12.8. The van der Waals surface area contributed by atoms with Crippen molar-refractivity contribution in [3.8, 4) is 0 Å². The molecule has 128 valence electrons. The second-order valence-electron chi connectivity index (χ2n) is 7.40. The van der Waals surface area contributed by atoms with Crippen molar-refractivity contribution >= 4 is 5.91 Å². The first kappa shape index (κ1) is 18.0. The summed E-state index contributed by atoms with van der Waals surface area (Å²) < 4.78 is 5.35. The molecule has 2 N–H and O–H groups in total. The van der Waals surface area contributed by atoms with Crippen LogP contribution in [0.3, 0.4) is 0 Å². The van der Waals surface area contributed by atoms with E-state index in [2.05, 4.69) is 55.7 Å². The first-order valence-electron chi connectivity index (χ1n) is 8.45. The lowest BCUT2D eigenvalue weighted by Gasteiger charge is -2.37. The Hall–Kier alpha value is -1.39. The van der Waals surface area contributed by atoms with E-state index in [4.69, 9.17) is 4.74 Å². The number of benzene rings is 1. The highest BCUT2D eigenvalue weighted by Crippen LogP contribution is 2.30. The number of carbonyl (C=O) groups is 1. The van der Waals surface area contributed by atoms with Crippen LogP contribution in [0.25, 0.3) is 0 Å². The Kier molecular flexibility index (Phi) is 5.82. The van der Waals surface area contributed by atoms with Crippen LogP contribution >= 0.6 is 0 Å². The molecule has 0 aromatic heterocycles. The van der Waals surface area contributed by atoms with E-state index in [1.54, 1.807) is 7.11 Å². The van der Waals surface area contributed by atoms with Crippen molar-refractivity contribution in [3.63, 3.8) is 0 Å². The summed E-state index contributed by atoms with van der Waals surface area (Å²) in [7, 11) is 1.67. The Balaban J connectivity index is 2.04. The van der Waals surface area contributed by atoms with Crippen LogP contribution in [0.5, 0.6) is 0 Å². The maximum atomic E-state index is 12.8. The van der Waals surface area contributed by atoms with Gasteiger partial charge in [0, 0.05) is 19.1 Å². The summed E-state index contributed by atoms with van der Waals surface area (Å²) in [6.45, 7) is 9.32. The Bertz CT molecular complexity index is 528. The second kappa shape index (κ2) is 7.45. The van der Waals surface area contributed by atoms with Gasteiger partial charge in [0.15, 0.2) is 0 Å². The minimum atomic E-state index is -0.386. The lowest BCUT2D eigenvalue weighted by Crippen LogP contribution is -2.52. The smallest absolute Gasteiger partial charge is 0.228 e. The molecular weight excluding hydrogens is 288 g/mol. The van der Waals surface area contributed by atoms with Crippen molar-refractivity contribution < 1.29 is 9.53 Å². The SMILES string of the molecule is COCC1(C(=O)NCC(C)(C)c2cccc(C)c2)CCNCC1. The molecule has 0 saturated carbocycles. The van der Waals surface area contributed by atoms with Crippen LogP contribution in [0.1, 0.15) is 37.8 Å². The Morgan fingerprint density at radius 3 is 2.65 bits per heavy atom. The van der Waals surface area contributed by atoms with Crippen LogP contribution < -0.4 is 10.6 Å². The first-order chi connectivity index (χ1) is 10.9. The van der Waals surface area contributed by atoms with E-state index in [0.717, 1.165) is 25.9 Å². The zero-order valence-corrected chi connectivity index (χ0v) is 14.9. The minimum Gasteiger partial charge on any atom is -0.384 e. The topological polar surface area (TPSA) is 50.4 Å². The summed E-state index contributed by atoms with van der Waals surface area (Å²) >= 11 is 0. The zero-order valence-electron chi connectivity index (χ0n) is 14.9. The van der Waals surface area contributed by atoms with Crippen LogP contribution in [0.4, 0.5) is 0 Å². The summed E-state index contributed by atoms with van der Waals surface area (Å²) in [6.07, 6.45) is 1.66. The highest BCUT2D eigenvalue weighted by atomic mass is 16.5. The largest absolute Gasteiger partial charge is 0.384 e. The number of hydrogen-bond donors (Lipinski definition) is 2. The van der Waals surface area contributed by atoms with Crippen LogP contribution in [-0.4, -0.2) is 39.3 Å². The standard InChI is InChI=1S/C19H30N2O2/c1-15-6-5-7-16(12-15)18(2,3)13-21-17(22)19(14-23-4)8-10-20-11-9-19/h5-7,12,20H,8-11,13-14H2,1-4H3,(H,21,22). The minimum absolute atomic E-state index is 0.0944. The van der Waals surface area contributed by atoms with Gasteiger partial charge in [-0.1, -0.05) is 43.7 Å². The van der Waals surface area contributed by atoms with Gasteiger partial charge in [-0.05, 0) is 38.4 Å². The molecule has 1 aliphatic rings. The molecule has 0 unspecified atom stereocenters. The highest BCUT2D eigenvalue weighted by Gasteiger charge is 2.40. The molecule has 1 heterocycles. The van der Waals surface area contributed by atoms with Crippen molar-refractivity contribution in [2.45, 2.75) is 39.0 Å².